The molecule has 0 N–H and O–H groups in total. The molecule has 4 fully saturated rings. The summed E-state index contributed by atoms with van der Waals surface area (Å²) in [7, 11) is -2.15. The minimum Gasteiger partial charge on any atom is -0.323 e. The maximum Gasteiger partial charge on any atom is 0.0970 e. The monoisotopic (exact) mass is 488 g/mol. The zero-order valence-electron chi connectivity index (χ0n) is 22.7. The molecule has 196 valence electrons. The van der Waals surface area contributed by atoms with Crippen molar-refractivity contribution in [2.45, 2.75) is 172 Å². The minimum atomic E-state index is -2.15. The molecule has 4 aliphatic rings. The van der Waals surface area contributed by atoms with Crippen LogP contribution in [0.1, 0.15) is 155 Å². The van der Waals surface area contributed by atoms with Crippen LogP contribution in [0, 0.1) is 17.8 Å². The Morgan fingerprint density at radius 2 is 1.21 bits per heavy atom. The van der Waals surface area contributed by atoms with Gasteiger partial charge in [-0.05, 0) is 82.0 Å². The number of unbranched alkanes of at least 4 members (excludes halogenated alkanes) is 3. The van der Waals surface area contributed by atoms with E-state index >= 15 is 4.57 Å². The van der Waals surface area contributed by atoms with Crippen LogP contribution in [0.4, 0.5) is 0 Å². The van der Waals surface area contributed by atoms with Gasteiger partial charge < -0.3 is 4.57 Å². The third-order valence-corrected chi connectivity index (χ3v) is 15.6. The smallest absolute Gasteiger partial charge is 0.0970 e. The zero-order chi connectivity index (χ0) is 23.6. The second kappa shape index (κ2) is 14.1. The summed E-state index contributed by atoms with van der Waals surface area (Å²) in [6.45, 7) is 2.32. The second-order valence-electron chi connectivity index (χ2n) is 12.9. The van der Waals surface area contributed by atoms with Crippen molar-refractivity contribution < 1.29 is 4.57 Å². The summed E-state index contributed by atoms with van der Waals surface area (Å²) >= 11 is 0. The Morgan fingerprint density at radius 3 is 1.82 bits per heavy atom. The predicted octanol–water partition coefficient (Wildman–Crippen LogP) is 10.9. The van der Waals surface area contributed by atoms with Crippen LogP contribution < -0.4 is 0 Å². The zero-order valence-corrected chi connectivity index (χ0v) is 23.6. The standard InChI is InChI=1S/C32H57OP/c1-2-3-4-7-14-27-21-23-28(24-22-27)25-26-29-15-12-13-20-32(29)34(33,30-16-8-5-9-17-30)31-18-10-6-11-19-31/h25-32H,2-24H2,1H3/b26-25+. The second-order valence-corrected chi connectivity index (χ2v) is 16.5. The van der Waals surface area contributed by atoms with E-state index in [1.807, 2.05) is 0 Å². The van der Waals surface area contributed by atoms with Crippen LogP contribution in [0.5, 0.6) is 0 Å². The molecule has 0 radical (unpaired) electrons. The molecule has 2 heteroatoms. The Balaban J connectivity index is 1.38. The van der Waals surface area contributed by atoms with E-state index < -0.39 is 7.14 Å². The first-order valence-electron chi connectivity index (χ1n) is 16.0. The van der Waals surface area contributed by atoms with Gasteiger partial charge >= 0.3 is 0 Å². The minimum absolute atomic E-state index is 0.526. The van der Waals surface area contributed by atoms with E-state index in [9.17, 15) is 0 Å². The molecule has 1 nitrogen and oxygen atoms in total. The van der Waals surface area contributed by atoms with Crippen LogP contribution in [0.2, 0.25) is 0 Å². The van der Waals surface area contributed by atoms with Crippen LogP contribution >= 0.6 is 7.14 Å². The summed E-state index contributed by atoms with van der Waals surface area (Å²) in [6.07, 6.45) is 36.7. The average molecular weight is 489 g/mol. The van der Waals surface area contributed by atoms with E-state index in [1.165, 1.54) is 148 Å². The molecular formula is C32H57OP. The highest BCUT2D eigenvalue weighted by Gasteiger charge is 2.49. The lowest BCUT2D eigenvalue weighted by Gasteiger charge is -2.46. The van der Waals surface area contributed by atoms with Gasteiger partial charge in [0.2, 0.25) is 0 Å². The molecule has 0 bridgehead atoms. The molecule has 4 rings (SSSR count). The van der Waals surface area contributed by atoms with Crippen LogP contribution in [0.3, 0.4) is 0 Å². The van der Waals surface area contributed by atoms with Gasteiger partial charge in [-0.3, -0.25) is 0 Å². The number of allylic oxidation sites excluding steroid dienone is 2. The molecule has 0 aromatic rings. The van der Waals surface area contributed by atoms with Crippen molar-refractivity contribution in [3.05, 3.63) is 12.2 Å². The van der Waals surface area contributed by atoms with Gasteiger partial charge in [-0.25, -0.2) is 0 Å². The fourth-order valence-corrected chi connectivity index (χ4v) is 14.0. The van der Waals surface area contributed by atoms with Crippen LogP contribution in [-0.4, -0.2) is 17.0 Å². The maximum absolute atomic E-state index is 15.3. The maximum atomic E-state index is 15.3. The predicted molar refractivity (Wildman–Crippen MR) is 150 cm³/mol. The molecule has 0 aromatic carbocycles. The molecular weight excluding hydrogens is 431 g/mol. The van der Waals surface area contributed by atoms with E-state index in [-0.39, 0.29) is 0 Å². The third-order valence-electron chi connectivity index (χ3n) is 10.6. The van der Waals surface area contributed by atoms with Crippen LogP contribution in [-0.2, 0) is 4.57 Å². The van der Waals surface area contributed by atoms with Crippen LogP contribution in [0.25, 0.3) is 0 Å². The molecule has 0 aromatic heterocycles. The highest BCUT2D eigenvalue weighted by atomic mass is 31.2. The normalized spacial score (nSPS) is 32.9. The first kappa shape index (κ1) is 27.0. The SMILES string of the molecule is CCCCCCC1CCC(/C=C/C2CCCCC2P(=O)(C2CCCCC2)C2CCCCC2)CC1. The quantitative estimate of drug-likeness (QED) is 0.170. The number of hydrogen-bond acceptors (Lipinski definition) is 1. The van der Waals surface area contributed by atoms with Crippen molar-refractivity contribution in [3.8, 4) is 0 Å². The van der Waals surface area contributed by atoms with E-state index in [2.05, 4.69) is 19.1 Å². The van der Waals surface area contributed by atoms with E-state index in [0.717, 1.165) is 11.8 Å². The number of hydrogen-bond donors (Lipinski definition) is 0. The average Bonchev–Trinajstić information content (AvgIpc) is 2.91. The van der Waals surface area contributed by atoms with Crippen LogP contribution in [0.15, 0.2) is 12.2 Å². The molecule has 4 saturated carbocycles. The summed E-state index contributed by atoms with van der Waals surface area (Å²) < 4.78 is 15.3. The Hall–Kier alpha value is -0.0300. The fourth-order valence-electron chi connectivity index (χ4n) is 8.50. The molecule has 2 unspecified atom stereocenters. The summed E-state index contributed by atoms with van der Waals surface area (Å²) in [4.78, 5) is 0. The summed E-state index contributed by atoms with van der Waals surface area (Å²) in [6, 6.07) is 0. The highest BCUT2D eigenvalue weighted by molar-refractivity contribution is 7.66. The molecule has 2 atom stereocenters. The molecule has 0 saturated heterocycles. The van der Waals surface area contributed by atoms with Gasteiger partial charge in [0.25, 0.3) is 0 Å². The summed E-state index contributed by atoms with van der Waals surface area (Å²) in [5.41, 5.74) is 1.68. The van der Waals surface area contributed by atoms with Gasteiger partial charge in [-0.15, -0.1) is 0 Å². The van der Waals surface area contributed by atoms with E-state index in [1.54, 1.807) is 0 Å². The third kappa shape index (κ3) is 7.05. The lowest BCUT2D eigenvalue weighted by atomic mass is 9.78. The Bertz CT molecular complexity index is 611. The molecule has 0 heterocycles. The van der Waals surface area contributed by atoms with Gasteiger partial charge in [0, 0.05) is 17.0 Å². The first-order valence-corrected chi connectivity index (χ1v) is 17.9. The van der Waals surface area contributed by atoms with Crippen molar-refractivity contribution in [2.75, 3.05) is 0 Å². The molecule has 34 heavy (non-hydrogen) atoms. The summed E-state index contributed by atoms with van der Waals surface area (Å²) in [5, 5.41) is 0. The van der Waals surface area contributed by atoms with Crippen molar-refractivity contribution in [1.29, 1.82) is 0 Å². The van der Waals surface area contributed by atoms with Crippen molar-refractivity contribution in [1.82, 2.24) is 0 Å². The molecule has 4 aliphatic carbocycles. The van der Waals surface area contributed by atoms with E-state index in [0.29, 0.717) is 22.9 Å². The molecule has 0 amide bonds. The number of rotatable bonds is 10. The highest BCUT2D eigenvalue weighted by Crippen LogP contribution is 2.69. The fraction of sp³-hybridized carbons (Fsp3) is 0.938. The van der Waals surface area contributed by atoms with Gasteiger partial charge in [0.15, 0.2) is 0 Å². The van der Waals surface area contributed by atoms with Gasteiger partial charge in [0.1, 0.15) is 0 Å². The van der Waals surface area contributed by atoms with Gasteiger partial charge in [-0.2, -0.15) is 0 Å². The topological polar surface area (TPSA) is 17.1 Å². The largest absolute Gasteiger partial charge is 0.323 e. The lowest BCUT2D eigenvalue weighted by molar-refractivity contribution is 0.287. The first-order chi connectivity index (χ1) is 16.7. The summed E-state index contributed by atoms with van der Waals surface area (Å²) in [5.74, 6) is 2.43. The molecule has 0 aliphatic heterocycles. The van der Waals surface area contributed by atoms with E-state index in [4.69, 9.17) is 0 Å². The van der Waals surface area contributed by atoms with Crippen molar-refractivity contribution in [2.24, 2.45) is 17.8 Å². The van der Waals surface area contributed by atoms with Gasteiger partial charge in [0.05, 0.1) is 7.14 Å². The van der Waals surface area contributed by atoms with Crippen molar-refractivity contribution in [3.63, 3.8) is 0 Å². The Morgan fingerprint density at radius 1 is 0.618 bits per heavy atom. The van der Waals surface area contributed by atoms with Gasteiger partial charge in [-0.1, -0.05) is 103 Å². The molecule has 0 spiro atoms. The Kier molecular flexibility index (Phi) is 11.2. The lowest BCUT2D eigenvalue weighted by Crippen LogP contribution is -2.35. The Labute approximate surface area is 213 Å². The van der Waals surface area contributed by atoms with Crippen molar-refractivity contribution >= 4 is 7.14 Å².